The SMILES string of the molecule is C=CCN(CC(=O)N(Cc1cccn1C)C1CC1)C(=O)c1ccc2ccccc2c1. The molecule has 1 heterocycles. The second kappa shape index (κ2) is 8.57. The van der Waals surface area contributed by atoms with E-state index in [0.717, 1.165) is 29.3 Å². The van der Waals surface area contributed by atoms with Crippen LogP contribution in [-0.2, 0) is 18.4 Å². The monoisotopic (exact) mass is 401 g/mol. The van der Waals surface area contributed by atoms with Gasteiger partial charge in [-0.2, -0.15) is 0 Å². The lowest BCUT2D eigenvalue weighted by Crippen LogP contribution is -2.43. The average Bonchev–Trinajstić information content (AvgIpc) is 3.52. The molecule has 5 heteroatoms. The number of benzene rings is 2. The minimum absolute atomic E-state index is 0.0188. The number of aryl methyl sites for hydroxylation is 1. The van der Waals surface area contributed by atoms with Crippen molar-refractivity contribution in [2.45, 2.75) is 25.4 Å². The Morgan fingerprint density at radius 2 is 1.87 bits per heavy atom. The Bertz CT molecular complexity index is 1080. The van der Waals surface area contributed by atoms with Gasteiger partial charge in [0.25, 0.3) is 5.91 Å². The van der Waals surface area contributed by atoms with Gasteiger partial charge in [-0.15, -0.1) is 6.58 Å². The molecule has 5 nitrogen and oxygen atoms in total. The predicted octanol–water partition coefficient (Wildman–Crippen LogP) is 4.00. The van der Waals surface area contributed by atoms with Gasteiger partial charge in [-0.3, -0.25) is 9.59 Å². The van der Waals surface area contributed by atoms with Crippen LogP contribution >= 0.6 is 0 Å². The molecule has 154 valence electrons. The molecule has 2 aromatic carbocycles. The Morgan fingerprint density at radius 1 is 1.10 bits per heavy atom. The zero-order chi connectivity index (χ0) is 21.1. The summed E-state index contributed by atoms with van der Waals surface area (Å²) in [5.41, 5.74) is 1.68. The van der Waals surface area contributed by atoms with Crippen LogP contribution in [0.15, 0.2) is 73.4 Å². The molecule has 0 atom stereocenters. The summed E-state index contributed by atoms with van der Waals surface area (Å²) >= 11 is 0. The van der Waals surface area contributed by atoms with Crippen molar-refractivity contribution in [2.24, 2.45) is 7.05 Å². The van der Waals surface area contributed by atoms with Crippen LogP contribution in [0.5, 0.6) is 0 Å². The van der Waals surface area contributed by atoms with Crippen LogP contribution in [0.4, 0.5) is 0 Å². The Labute approximate surface area is 177 Å². The molecule has 0 aliphatic heterocycles. The van der Waals surface area contributed by atoms with E-state index in [1.807, 2.05) is 77.3 Å². The highest BCUT2D eigenvalue weighted by molar-refractivity contribution is 6.00. The van der Waals surface area contributed by atoms with Gasteiger partial charge in [0.05, 0.1) is 6.54 Å². The lowest BCUT2D eigenvalue weighted by Gasteiger charge is -2.27. The molecule has 0 N–H and O–H groups in total. The van der Waals surface area contributed by atoms with Crippen molar-refractivity contribution >= 4 is 22.6 Å². The first-order valence-corrected chi connectivity index (χ1v) is 10.4. The Morgan fingerprint density at radius 3 is 2.53 bits per heavy atom. The number of hydrogen-bond acceptors (Lipinski definition) is 2. The molecular weight excluding hydrogens is 374 g/mol. The van der Waals surface area contributed by atoms with Gasteiger partial charge in [-0.05, 0) is 47.9 Å². The maximum atomic E-state index is 13.2. The van der Waals surface area contributed by atoms with Crippen molar-refractivity contribution in [3.63, 3.8) is 0 Å². The van der Waals surface area contributed by atoms with E-state index in [9.17, 15) is 9.59 Å². The van der Waals surface area contributed by atoms with Gasteiger partial charge in [-0.1, -0.05) is 36.4 Å². The maximum Gasteiger partial charge on any atom is 0.254 e. The summed E-state index contributed by atoms with van der Waals surface area (Å²) in [5, 5.41) is 2.10. The molecule has 4 rings (SSSR count). The van der Waals surface area contributed by atoms with Crippen molar-refractivity contribution in [3.8, 4) is 0 Å². The van der Waals surface area contributed by atoms with E-state index < -0.39 is 0 Å². The Kier molecular flexibility index (Phi) is 5.70. The quantitative estimate of drug-likeness (QED) is 0.536. The lowest BCUT2D eigenvalue weighted by atomic mass is 10.1. The standard InChI is InChI=1S/C25H27N3O2/c1-3-14-27(25(30)21-11-10-19-7-4-5-8-20(19)16-21)18-24(29)28(22-12-13-22)17-23-9-6-15-26(23)2/h3-11,15-16,22H,1,12-14,17-18H2,2H3. The first-order chi connectivity index (χ1) is 14.6. The fourth-order valence-electron chi connectivity index (χ4n) is 3.78. The molecule has 2 amide bonds. The number of amides is 2. The van der Waals surface area contributed by atoms with Gasteiger partial charge in [0.2, 0.25) is 5.91 Å². The molecule has 1 fully saturated rings. The average molecular weight is 402 g/mol. The molecule has 1 saturated carbocycles. The number of carbonyl (C=O) groups is 2. The van der Waals surface area contributed by atoms with Gasteiger partial charge in [0.1, 0.15) is 6.54 Å². The van der Waals surface area contributed by atoms with Gasteiger partial charge in [0, 0.05) is 37.1 Å². The highest BCUT2D eigenvalue weighted by Gasteiger charge is 2.34. The molecule has 30 heavy (non-hydrogen) atoms. The first kappa shape index (κ1) is 20.0. The van der Waals surface area contributed by atoms with Gasteiger partial charge >= 0.3 is 0 Å². The third-order valence-electron chi connectivity index (χ3n) is 5.65. The zero-order valence-electron chi connectivity index (χ0n) is 17.3. The van der Waals surface area contributed by atoms with Crippen LogP contribution in [0.1, 0.15) is 28.9 Å². The van der Waals surface area contributed by atoms with E-state index in [0.29, 0.717) is 18.7 Å². The molecule has 0 spiro atoms. The van der Waals surface area contributed by atoms with Crippen LogP contribution < -0.4 is 0 Å². The summed E-state index contributed by atoms with van der Waals surface area (Å²) in [6, 6.07) is 17.9. The van der Waals surface area contributed by atoms with Crippen LogP contribution in [0, 0.1) is 0 Å². The number of nitrogens with zero attached hydrogens (tertiary/aromatic N) is 3. The van der Waals surface area contributed by atoms with E-state index in [1.165, 1.54) is 0 Å². The third-order valence-corrected chi connectivity index (χ3v) is 5.65. The van der Waals surface area contributed by atoms with Gasteiger partial charge < -0.3 is 14.4 Å². The number of aromatic nitrogens is 1. The Balaban J connectivity index is 1.52. The van der Waals surface area contributed by atoms with Gasteiger partial charge in [0.15, 0.2) is 0 Å². The second-order valence-corrected chi connectivity index (χ2v) is 7.90. The number of hydrogen-bond donors (Lipinski definition) is 0. The molecule has 1 aliphatic carbocycles. The van der Waals surface area contributed by atoms with Crippen molar-refractivity contribution in [1.29, 1.82) is 0 Å². The Hall–Kier alpha value is -3.34. The van der Waals surface area contributed by atoms with E-state index in [-0.39, 0.29) is 24.4 Å². The molecule has 0 bridgehead atoms. The van der Waals surface area contributed by atoms with E-state index >= 15 is 0 Å². The number of fused-ring (bicyclic) bond motifs is 1. The van der Waals surface area contributed by atoms with Crippen molar-refractivity contribution in [3.05, 3.63) is 84.7 Å². The zero-order valence-corrected chi connectivity index (χ0v) is 17.3. The predicted molar refractivity (Wildman–Crippen MR) is 119 cm³/mol. The van der Waals surface area contributed by atoms with Crippen LogP contribution in [0.25, 0.3) is 10.8 Å². The largest absolute Gasteiger partial charge is 0.353 e. The summed E-state index contributed by atoms with van der Waals surface area (Å²) < 4.78 is 2.03. The van der Waals surface area contributed by atoms with Crippen LogP contribution in [0.3, 0.4) is 0 Å². The molecule has 3 aromatic rings. The summed E-state index contributed by atoms with van der Waals surface area (Å²) in [7, 11) is 1.98. The maximum absolute atomic E-state index is 13.2. The second-order valence-electron chi connectivity index (χ2n) is 7.90. The van der Waals surface area contributed by atoms with Crippen LogP contribution in [-0.4, -0.2) is 45.3 Å². The topological polar surface area (TPSA) is 45.6 Å². The van der Waals surface area contributed by atoms with E-state index in [4.69, 9.17) is 0 Å². The van der Waals surface area contributed by atoms with E-state index in [1.54, 1.807) is 11.0 Å². The van der Waals surface area contributed by atoms with Gasteiger partial charge in [-0.25, -0.2) is 0 Å². The summed E-state index contributed by atoms with van der Waals surface area (Å²) in [6.07, 6.45) is 5.70. The fraction of sp³-hybridized carbons (Fsp3) is 0.280. The smallest absolute Gasteiger partial charge is 0.254 e. The highest BCUT2D eigenvalue weighted by atomic mass is 16.2. The number of rotatable bonds is 8. The molecule has 1 aliphatic rings. The summed E-state index contributed by atoms with van der Waals surface area (Å²) in [6.45, 7) is 4.73. The molecule has 1 aromatic heterocycles. The normalized spacial score (nSPS) is 13.2. The summed E-state index contributed by atoms with van der Waals surface area (Å²) in [4.78, 5) is 29.9. The summed E-state index contributed by atoms with van der Waals surface area (Å²) in [5.74, 6) is -0.168. The highest BCUT2D eigenvalue weighted by Crippen LogP contribution is 2.29. The molecule has 0 unspecified atom stereocenters. The van der Waals surface area contributed by atoms with Crippen molar-refractivity contribution in [1.82, 2.24) is 14.4 Å². The van der Waals surface area contributed by atoms with Crippen LogP contribution in [0.2, 0.25) is 0 Å². The van der Waals surface area contributed by atoms with Crippen molar-refractivity contribution < 1.29 is 9.59 Å². The minimum Gasteiger partial charge on any atom is -0.353 e. The molecule has 0 radical (unpaired) electrons. The molecular formula is C25H27N3O2. The molecule has 0 saturated heterocycles. The van der Waals surface area contributed by atoms with E-state index in [2.05, 4.69) is 6.58 Å². The minimum atomic E-state index is -0.149. The first-order valence-electron chi connectivity index (χ1n) is 10.4. The number of carbonyl (C=O) groups excluding carboxylic acids is 2. The van der Waals surface area contributed by atoms with Crippen molar-refractivity contribution in [2.75, 3.05) is 13.1 Å². The third kappa shape index (κ3) is 4.30. The lowest BCUT2D eigenvalue weighted by molar-refractivity contribution is -0.133. The fourth-order valence-corrected chi connectivity index (χ4v) is 3.78.